The summed E-state index contributed by atoms with van der Waals surface area (Å²) in [6.07, 6.45) is 10.6. The van der Waals surface area contributed by atoms with Crippen LogP contribution < -0.4 is 43.8 Å². The monoisotopic (exact) mass is 885 g/mol. The van der Waals surface area contributed by atoms with E-state index in [-0.39, 0.29) is 30.6 Å². The van der Waals surface area contributed by atoms with Crippen molar-refractivity contribution in [3.8, 4) is 0 Å². The summed E-state index contributed by atoms with van der Waals surface area (Å²) in [6, 6.07) is 12.8. The summed E-state index contributed by atoms with van der Waals surface area (Å²) in [5.41, 5.74) is 19.9. The first-order valence-corrected chi connectivity index (χ1v) is 23.0. The average Bonchev–Trinajstić information content (AvgIpc) is 3.72. The van der Waals surface area contributed by atoms with Crippen molar-refractivity contribution in [2.45, 2.75) is 148 Å². The zero-order chi connectivity index (χ0) is 46.6. The van der Waals surface area contributed by atoms with Gasteiger partial charge in [0.25, 0.3) is 0 Å². The summed E-state index contributed by atoms with van der Waals surface area (Å²) in [5.74, 6) is -3.73. The molecule has 1 fully saturated rings. The van der Waals surface area contributed by atoms with Gasteiger partial charge in [-0.05, 0) is 61.1 Å². The first-order valence-electron chi connectivity index (χ1n) is 23.0. The van der Waals surface area contributed by atoms with Gasteiger partial charge in [-0.15, -0.1) is 0 Å². The summed E-state index contributed by atoms with van der Waals surface area (Å²) < 4.78 is 1.88. The fourth-order valence-electron chi connectivity index (χ4n) is 8.08. The second kappa shape index (κ2) is 26.2. The third-order valence-corrected chi connectivity index (χ3v) is 12.0. The molecule has 3 aromatic rings. The molecule has 4 rings (SSSR count). The van der Waals surface area contributed by atoms with E-state index in [2.05, 4.69) is 31.6 Å². The largest absolute Gasteiger partial charge is 0.368 e. The molecule has 1 saturated carbocycles. The number of hydrogen-bond donors (Lipinski definition) is 8. The van der Waals surface area contributed by atoms with Crippen molar-refractivity contribution in [3.05, 3.63) is 90.0 Å². The lowest BCUT2D eigenvalue weighted by Gasteiger charge is -2.31. The van der Waals surface area contributed by atoms with Crippen LogP contribution in [0.5, 0.6) is 0 Å². The number of nitrogens with zero attached hydrogens (tertiary/aromatic N) is 2. The molecule has 6 amide bonds. The van der Waals surface area contributed by atoms with Crippen molar-refractivity contribution in [1.82, 2.24) is 36.1 Å². The highest BCUT2D eigenvalue weighted by Crippen LogP contribution is 2.28. The van der Waals surface area contributed by atoms with E-state index in [1.54, 1.807) is 12.5 Å². The van der Waals surface area contributed by atoms with Crippen LogP contribution >= 0.6 is 0 Å². The van der Waals surface area contributed by atoms with Gasteiger partial charge in [0, 0.05) is 25.6 Å². The molecule has 7 atom stereocenters. The molecule has 11 N–H and O–H groups in total. The minimum absolute atomic E-state index is 0.0251. The molecule has 0 saturated heterocycles. The van der Waals surface area contributed by atoms with Crippen LogP contribution in [0.4, 0.5) is 0 Å². The number of carbonyl (C=O) groups excluding carboxylic acids is 6. The van der Waals surface area contributed by atoms with E-state index in [1.807, 2.05) is 92.9 Å². The molecular weight excluding hydrogens is 813 g/mol. The Bertz CT molecular complexity index is 1940. The smallest absolute Gasteiger partial charge is 0.243 e. The van der Waals surface area contributed by atoms with Crippen LogP contribution in [-0.4, -0.2) is 87.8 Å². The van der Waals surface area contributed by atoms with Gasteiger partial charge in [-0.2, -0.15) is 0 Å². The Morgan fingerprint density at radius 2 is 1.30 bits per heavy atom. The number of primary amides is 1. The molecule has 2 aromatic carbocycles. The van der Waals surface area contributed by atoms with Crippen molar-refractivity contribution in [1.29, 1.82) is 0 Å². The van der Waals surface area contributed by atoms with E-state index < -0.39 is 71.7 Å². The van der Waals surface area contributed by atoms with E-state index >= 15 is 0 Å². The normalized spacial score (nSPS) is 16.3. The van der Waals surface area contributed by atoms with Crippen molar-refractivity contribution in [2.24, 2.45) is 35.0 Å². The van der Waals surface area contributed by atoms with Gasteiger partial charge in [-0.25, -0.2) is 4.98 Å². The number of amides is 6. The van der Waals surface area contributed by atoms with Gasteiger partial charge in [0.15, 0.2) is 0 Å². The maximum Gasteiger partial charge on any atom is 0.243 e. The summed E-state index contributed by atoms with van der Waals surface area (Å²) in [6.45, 7) is 8.53. The number of hydrogen-bond acceptors (Lipinski definition) is 9. The first kappa shape index (κ1) is 51.0. The van der Waals surface area contributed by atoms with Gasteiger partial charge in [-0.3, -0.25) is 28.8 Å². The summed E-state index contributed by atoms with van der Waals surface area (Å²) >= 11 is 0. The first-order chi connectivity index (χ1) is 30.7. The van der Waals surface area contributed by atoms with Gasteiger partial charge in [0.1, 0.15) is 30.2 Å². The number of benzene rings is 2. The molecule has 16 nitrogen and oxygen atoms in total. The van der Waals surface area contributed by atoms with Crippen LogP contribution in [0.15, 0.2) is 73.2 Å². The minimum atomic E-state index is -1.16. The molecule has 0 aliphatic heterocycles. The summed E-state index contributed by atoms with van der Waals surface area (Å²) in [5, 5.41) is 14.3. The van der Waals surface area contributed by atoms with Crippen LogP contribution in [0.3, 0.4) is 0 Å². The Morgan fingerprint density at radius 1 is 0.719 bits per heavy atom. The number of aromatic nitrogens is 2. The van der Waals surface area contributed by atoms with Crippen LogP contribution in [0.2, 0.25) is 0 Å². The molecule has 1 heterocycles. The maximum absolute atomic E-state index is 14.4. The molecule has 1 aromatic heterocycles. The highest BCUT2D eigenvalue weighted by atomic mass is 16.2. The van der Waals surface area contributed by atoms with Crippen molar-refractivity contribution in [2.75, 3.05) is 6.54 Å². The topological polar surface area (TPSA) is 258 Å². The summed E-state index contributed by atoms with van der Waals surface area (Å²) in [7, 11) is 0. The van der Waals surface area contributed by atoms with Crippen molar-refractivity contribution < 1.29 is 28.8 Å². The molecular formula is C48H72N10O6. The van der Waals surface area contributed by atoms with Gasteiger partial charge in [0.2, 0.25) is 35.4 Å². The third-order valence-electron chi connectivity index (χ3n) is 12.0. The number of rotatable bonds is 26. The van der Waals surface area contributed by atoms with E-state index in [4.69, 9.17) is 17.2 Å². The van der Waals surface area contributed by atoms with Crippen LogP contribution in [0, 0.1) is 17.8 Å². The molecule has 0 radical (unpaired) electrons. The second-order valence-corrected chi connectivity index (χ2v) is 17.8. The quantitative estimate of drug-likeness (QED) is 0.0589. The number of nitrogens with one attached hydrogen (secondary N) is 5. The second-order valence-electron chi connectivity index (χ2n) is 17.8. The van der Waals surface area contributed by atoms with Gasteiger partial charge < -0.3 is 48.4 Å². The summed E-state index contributed by atoms with van der Waals surface area (Å²) in [4.78, 5) is 87.3. The minimum Gasteiger partial charge on any atom is -0.368 e. The molecule has 0 unspecified atom stereocenters. The van der Waals surface area contributed by atoms with Crippen LogP contribution in [-0.2, 0) is 48.2 Å². The van der Waals surface area contributed by atoms with Gasteiger partial charge in [0.05, 0.1) is 18.1 Å². The molecule has 64 heavy (non-hydrogen) atoms. The molecule has 16 heteroatoms. The Balaban J connectivity index is 1.54. The lowest BCUT2D eigenvalue weighted by Crippen LogP contribution is -2.61. The van der Waals surface area contributed by atoms with Crippen LogP contribution in [0.1, 0.15) is 109 Å². The molecule has 0 spiro atoms. The Kier molecular flexibility index (Phi) is 20.9. The zero-order valence-electron chi connectivity index (χ0n) is 38.1. The van der Waals surface area contributed by atoms with Crippen molar-refractivity contribution >= 4 is 35.4 Å². The highest BCUT2D eigenvalue weighted by molar-refractivity contribution is 5.96. The van der Waals surface area contributed by atoms with Gasteiger partial charge >= 0.3 is 0 Å². The number of carbonyl (C=O) groups is 6. The number of imidazole rings is 1. The fraction of sp³-hybridized carbons (Fsp3) is 0.562. The van der Waals surface area contributed by atoms with Crippen molar-refractivity contribution in [3.63, 3.8) is 0 Å². The van der Waals surface area contributed by atoms with Gasteiger partial charge in [-0.1, -0.05) is 127 Å². The molecule has 0 bridgehead atoms. The lowest BCUT2D eigenvalue weighted by molar-refractivity contribution is -0.136. The highest BCUT2D eigenvalue weighted by Gasteiger charge is 2.36. The predicted octanol–water partition coefficient (Wildman–Crippen LogP) is 2.75. The maximum atomic E-state index is 14.4. The Hall–Kier alpha value is -5.61. The SMILES string of the molecule is CC[C@H](C)[C@H](NC(=O)[C@H](CC1CCCCC1)NC(=O)[C@@H](CC(C)C)NC(=O)[C@@H](N)CCCN)C(=O)N[C@H](Cc1ccccc1)C(=O)N[C@@H](Cc1cn(Cc2ccccc2)cn1)C(N)=O. The van der Waals surface area contributed by atoms with E-state index in [1.165, 1.54) is 0 Å². The average molecular weight is 885 g/mol. The molecule has 350 valence electrons. The third kappa shape index (κ3) is 16.8. The number of nitrogens with two attached hydrogens (primary N) is 3. The predicted molar refractivity (Wildman–Crippen MR) is 247 cm³/mol. The Morgan fingerprint density at radius 3 is 1.91 bits per heavy atom. The standard InChI is InChI=1S/C48H72N10O6/c1-5-32(4)42(57-47(63)41(26-34-18-11-7-12-19-34)55-45(61)39(24-31(2)3)54-44(60)37(50)22-15-23-49)48(64)56-40(25-33-16-9-6-10-17-33)46(62)53-38(43(51)59)27-36-29-58(30-52-36)28-35-20-13-8-14-21-35/h6,8-10,13-14,16-17,20-21,29-32,34,37-42H,5,7,11-12,15,18-19,22-28,49-50H2,1-4H3,(H2,51,59)(H,53,62)(H,54,60)(H,55,61)(H,56,64)(H,57,63)/t32-,37-,38-,39+,40+,41-,42-/m0/s1. The van der Waals surface area contributed by atoms with E-state index in [0.29, 0.717) is 50.9 Å². The molecule has 1 aliphatic carbocycles. The van der Waals surface area contributed by atoms with E-state index in [9.17, 15) is 28.8 Å². The van der Waals surface area contributed by atoms with Crippen LogP contribution in [0.25, 0.3) is 0 Å². The zero-order valence-corrected chi connectivity index (χ0v) is 38.1. The fourth-order valence-corrected chi connectivity index (χ4v) is 8.08. The Labute approximate surface area is 378 Å². The lowest BCUT2D eigenvalue weighted by atomic mass is 9.84. The molecule has 1 aliphatic rings. The van der Waals surface area contributed by atoms with E-state index in [0.717, 1.165) is 43.2 Å².